The van der Waals surface area contributed by atoms with Gasteiger partial charge in [-0.1, -0.05) is 56.3 Å². The van der Waals surface area contributed by atoms with Crippen molar-refractivity contribution in [2.24, 2.45) is 5.92 Å². The van der Waals surface area contributed by atoms with Crippen LogP contribution in [-0.4, -0.2) is 24.7 Å². The summed E-state index contributed by atoms with van der Waals surface area (Å²) in [5.41, 5.74) is 0.488. The minimum atomic E-state index is -0.420. The van der Waals surface area contributed by atoms with Gasteiger partial charge in [0.1, 0.15) is 0 Å². The van der Waals surface area contributed by atoms with Gasteiger partial charge in [0.05, 0.1) is 6.04 Å². The smallest absolute Gasteiger partial charge is 0.230 e. The number of carbonyl (C=O) groups is 2. The van der Waals surface area contributed by atoms with Crippen molar-refractivity contribution in [1.29, 1.82) is 0 Å². The molecule has 0 fully saturated rings. The maximum atomic E-state index is 12.6. The predicted molar refractivity (Wildman–Crippen MR) is 85.6 cm³/mol. The number of rotatable bonds is 6. The number of ketones is 2. The van der Waals surface area contributed by atoms with E-state index >= 15 is 0 Å². The second-order valence-corrected chi connectivity index (χ2v) is 5.69. The van der Waals surface area contributed by atoms with Crippen molar-refractivity contribution in [3.05, 3.63) is 48.0 Å². The Balaban J connectivity index is 2.35. The van der Waals surface area contributed by atoms with Crippen molar-refractivity contribution >= 4 is 22.3 Å². The Morgan fingerprint density at radius 3 is 2.38 bits per heavy atom. The Hall–Kier alpha value is -2.00. The molecule has 0 aromatic heterocycles. The van der Waals surface area contributed by atoms with Gasteiger partial charge < -0.3 is 5.32 Å². The summed E-state index contributed by atoms with van der Waals surface area (Å²) < 4.78 is 0. The first kappa shape index (κ1) is 15.4. The van der Waals surface area contributed by atoms with Crippen molar-refractivity contribution in [2.75, 3.05) is 7.05 Å². The molecule has 0 aliphatic rings. The van der Waals surface area contributed by atoms with E-state index < -0.39 is 11.8 Å². The van der Waals surface area contributed by atoms with Crippen LogP contribution in [0.2, 0.25) is 0 Å². The van der Waals surface area contributed by atoms with Crippen molar-refractivity contribution in [3.8, 4) is 0 Å². The van der Waals surface area contributed by atoms with E-state index in [0.29, 0.717) is 17.9 Å². The van der Waals surface area contributed by atoms with Gasteiger partial charge in [-0.15, -0.1) is 0 Å². The third kappa shape index (κ3) is 3.37. The van der Waals surface area contributed by atoms with Crippen LogP contribution in [0.15, 0.2) is 42.5 Å². The highest BCUT2D eigenvalue weighted by Gasteiger charge is 2.26. The van der Waals surface area contributed by atoms with Crippen LogP contribution in [0.5, 0.6) is 0 Å². The van der Waals surface area contributed by atoms with E-state index in [2.05, 4.69) is 5.32 Å². The third-order valence-corrected chi connectivity index (χ3v) is 3.63. The van der Waals surface area contributed by atoms with E-state index in [1.54, 1.807) is 13.1 Å². The summed E-state index contributed by atoms with van der Waals surface area (Å²) in [6, 6.07) is 12.7. The molecule has 0 saturated carbocycles. The topological polar surface area (TPSA) is 46.2 Å². The fraction of sp³-hybridized carbons (Fsp3) is 0.333. The molecule has 0 aliphatic carbocycles. The Kier molecular flexibility index (Phi) is 4.86. The molecular weight excluding hydrogens is 262 g/mol. The Bertz CT molecular complexity index is 656. The molecule has 0 bridgehead atoms. The molecule has 2 rings (SSSR count). The molecular formula is C18H21NO2. The van der Waals surface area contributed by atoms with Gasteiger partial charge in [0.25, 0.3) is 0 Å². The first-order valence-electron chi connectivity index (χ1n) is 7.28. The van der Waals surface area contributed by atoms with Gasteiger partial charge >= 0.3 is 0 Å². The van der Waals surface area contributed by atoms with Crippen LogP contribution < -0.4 is 5.32 Å². The van der Waals surface area contributed by atoms with Crippen molar-refractivity contribution in [3.63, 3.8) is 0 Å². The molecule has 1 N–H and O–H groups in total. The number of likely N-dealkylation sites (N-methyl/N-ethyl adjacent to an activating group) is 1. The molecule has 21 heavy (non-hydrogen) atoms. The lowest BCUT2D eigenvalue weighted by molar-refractivity contribution is -0.117. The molecule has 0 amide bonds. The van der Waals surface area contributed by atoms with Gasteiger partial charge in [0, 0.05) is 5.56 Å². The average Bonchev–Trinajstić information content (AvgIpc) is 2.50. The average molecular weight is 283 g/mol. The molecule has 0 spiro atoms. The fourth-order valence-corrected chi connectivity index (χ4v) is 2.54. The normalized spacial score (nSPS) is 12.6. The molecule has 2 aromatic carbocycles. The SMILES string of the molecule is CN[C@@H](CC(C)C)C(=O)C(=O)c1cccc2ccccc12. The van der Waals surface area contributed by atoms with Gasteiger partial charge in [-0.2, -0.15) is 0 Å². The first-order valence-corrected chi connectivity index (χ1v) is 7.28. The molecule has 0 unspecified atom stereocenters. The summed E-state index contributed by atoms with van der Waals surface area (Å²) in [6.07, 6.45) is 0.659. The number of benzene rings is 2. The monoisotopic (exact) mass is 283 g/mol. The van der Waals surface area contributed by atoms with Crippen LogP contribution in [0.1, 0.15) is 30.6 Å². The maximum Gasteiger partial charge on any atom is 0.230 e. The lowest BCUT2D eigenvalue weighted by Gasteiger charge is -2.16. The number of fused-ring (bicyclic) bond motifs is 1. The molecule has 0 heterocycles. The molecule has 1 atom stereocenters. The molecule has 110 valence electrons. The lowest BCUT2D eigenvalue weighted by Crippen LogP contribution is -2.39. The van der Waals surface area contributed by atoms with Gasteiger partial charge in [0.2, 0.25) is 11.6 Å². The number of carbonyl (C=O) groups excluding carboxylic acids is 2. The highest BCUT2D eigenvalue weighted by atomic mass is 16.2. The van der Waals surface area contributed by atoms with Gasteiger partial charge in [-0.25, -0.2) is 0 Å². The zero-order valence-corrected chi connectivity index (χ0v) is 12.7. The number of Topliss-reactive ketones (excluding diaryl/α,β-unsaturated/α-hetero) is 2. The largest absolute Gasteiger partial charge is 0.310 e. The third-order valence-electron chi connectivity index (χ3n) is 3.63. The zero-order valence-electron chi connectivity index (χ0n) is 12.7. The van der Waals surface area contributed by atoms with Crippen LogP contribution in [0.25, 0.3) is 10.8 Å². The Labute approximate surface area is 125 Å². The molecule has 0 aliphatic heterocycles. The van der Waals surface area contributed by atoms with Crippen LogP contribution in [0.4, 0.5) is 0 Å². The summed E-state index contributed by atoms with van der Waals surface area (Å²) in [4.78, 5) is 25.0. The second kappa shape index (κ2) is 6.64. The van der Waals surface area contributed by atoms with Crippen LogP contribution in [0, 0.1) is 5.92 Å². The van der Waals surface area contributed by atoms with Gasteiger partial charge in [-0.3, -0.25) is 9.59 Å². The van der Waals surface area contributed by atoms with Crippen molar-refractivity contribution in [1.82, 2.24) is 5.32 Å². The van der Waals surface area contributed by atoms with E-state index in [9.17, 15) is 9.59 Å². The van der Waals surface area contributed by atoms with Crippen LogP contribution in [-0.2, 0) is 4.79 Å². The molecule has 0 saturated heterocycles. The molecule has 3 heteroatoms. The molecule has 3 nitrogen and oxygen atoms in total. The highest BCUT2D eigenvalue weighted by molar-refractivity contribution is 6.47. The van der Waals surface area contributed by atoms with Gasteiger partial charge in [-0.05, 0) is 30.2 Å². The fourth-order valence-electron chi connectivity index (χ4n) is 2.54. The Morgan fingerprint density at radius 2 is 1.71 bits per heavy atom. The number of nitrogens with one attached hydrogen (secondary N) is 1. The second-order valence-electron chi connectivity index (χ2n) is 5.69. The number of hydrogen-bond donors (Lipinski definition) is 1. The number of hydrogen-bond acceptors (Lipinski definition) is 3. The van der Waals surface area contributed by atoms with Crippen LogP contribution >= 0.6 is 0 Å². The standard InChI is InChI=1S/C18H21NO2/c1-12(2)11-16(19-3)18(21)17(20)15-10-6-8-13-7-4-5-9-14(13)15/h4-10,12,16,19H,11H2,1-3H3/t16-/m0/s1. The molecule has 2 aromatic rings. The maximum absolute atomic E-state index is 12.6. The van der Waals surface area contributed by atoms with E-state index in [4.69, 9.17) is 0 Å². The van der Waals surface area contributed by atoms with Gasteiger partial charge in [0.15, 0.2) is 0 Å². The van der Waals surface area contributed by atoms with Crippen molar-refractivity contribution < 1.29 is 9.59 Å². The summed E-state index contributed by atoms with van der Waals surface area (Å²) in [5.74, 6) is -0.416. The summed E-state index contributed by atoms with van der Waals surface area (Å²) >= 11 is 0. The summed E-state index contributed by atoms with van der Waals surface area (Å²) in [5, 5.41) is 4.77. The van der Waals surface area contributed by atoms with Crippen LogP contribution in [0.3, 0.4) is 0 Å². The first-order chi connectivity index (χ1) is 10.0. The summed E-state index contributed by atoms with van der Waals surface area (Å²) in [6.45, 7) is 4.08. The Morgan fingerprint density at radius 1 is 1.05 bits per heavy atom. The minimum absolute atomic E-state index is 0.353. The summed E-state index contributed by atoms with van der Waals surface area (Å²) in [7, 11) is 1.72. The lowest BCUT2D eigenvalue weighted by atomic mass is 9.93. The van der Waals surface area contributed by atoms with E-state index in [1.165, 1.54) is 0 Å². The van der Waals surface area contributed by atoms with E-state index in [0.717, 1.165) is 10.8 Å². The molecule has 0 radical (unpaired) electrons. The van der Waals surface area contributed by atoms with E-state index in [1.807, 2.05) is 50.2 Å². The zero-order chi connectivity index (χ0) is 15.4. The van der Waals surface area contributed by atoms with Crippen molar-refractivity contribution in [2.45, 2.75) is 26.3 Å². The minimum Gasteiger partial charge on any atom is -0.310 e. The highest BCUT2D eigenvalue weighted by Crippen LogP contribution is 2.20. The predicted octanol–water partition coefficient (Wildman–Crippen LogP) is 3.23. The quantitative estimate of drug-likeness (QED) is 0.654. The van der Waals surface area contributed by atoms with E-state index in [-0.39, 0.29) is 5.78 Å².